The molecule has 0 saturated heterocycles. The van der Waals surface area contributed by atoms with Gasteiger partial charge in [-0.1, -0.05) is 11.6 Å². The zero-order valence-electron chi connectivity index (χ0n) is 10.6. The minimum atomic E-state index is -0.996. The summed E-state index contributed by atoms with van der Waals surface area (Å²) in [4.78, 5) is 14.9. The first kappa shape index (κ1) is 13.4. The van der Waals surface area contributed by atoms with Gasteiger partial charge in [0.25, 0.3) is 0 Å². The fourth-order valence-electron chi connectivity index (χ4n) is 1.78. The standard InChI is InChI=1S/C14H13ClN2O2/c1-9-10(2)17(8-16-9)13-5-4-12(15)7-11(13)3-6-14(18)19/h3-8H,1-2H3,(H,18,19)/b6-3+. The molecular weight excluding hydrogens is 264 g/mol. The van der Waals surface area contributed by atoms with Crippen LogP contribution < -0.4 is 0 Å². The van der Waals surface area contributed by atoms with Crippen LogP contribution in [0.25, 0.3) is 11.8 Å². The number of aromatic nitrogens is 2. The fourth-order valence-corrected chi connectivity index (χ4v) is 1.96. The summed E-state index contributed by atoms with van der Waals surface area (Å²) in [5.41, 5.74) is 3.52. The molecule has 4 nitrogen and oxygen atoms in total. The van der Waals surface area contributed by atoms with Gasteiger partial charge in [0.1, 0.15) is 0 Å². The summed E-state index contributed by atoms with van der Waals surface area (Å²) in [5.74, 6) is -0.996. The number of aliphatic carboxylic acids is 1. The average molecular weight is 277 g/mol. The summed E-state index contributed by atoms with van der Waals surface area (Å²) < 4.78 is 1.91. The second-order valence-electron chi connectivity index (χ2n) is 4.16. The number of imidazole rings is 1. The number of halogens is 1. The van der Waals surface area contributed by atoms with Gasteiger partial charge in [-0.2, -0.15) is 0 Å². The molecule has 0 radical (unpaired) electrons. The van der Waals surface area contributed by atoms with Crippen molar-refractivity contribution in [2.75, 3.05) is 0 Å². The molecule has 0 bridgehead atoms. The molecule has 2 rings (SSSR count). The van der Waals surface area contributed by atoms with E-state index in [1.54, 1.807) is 18.5 Å². The van der Waals surface area contributed by atoms with Gasteiger partial charge >= 0.3 is 5.97 Å². The Kier molecular flexibility index (Phi) is 3.71. The zero-order valence-corrected chi connectivity index (χ0v) is 11.3. The summed E-state index contributed by atoms with van der Waals surface area (Å²) in [6.07, 6.45) is 4.33. The van der Waals surface area contributed by atoms with E-state index in [-0.39, 0.29) is 0 Å². The highest BCUT2D eigenvalue weighted by molar-refractivity contribution is 6.30. The third-order valence-electron chi connectivity index (χ3n) is 2.91. The van der Waals surface area contributed by atoms with Crippen LogP contribution in [0.5, 0.6) is 0 Å². The van der Waals surface area contributed by atoms with E-state index in [1.165, 1.54) is 6.08 Å². The van der Waals surface area contributed by atoms with Crippen LogP contribution in [0.3, 0.4) is 0 Å². The number of carboxylic acid groups (broad SMARTS) is 1. The first-order valence-electron chi connectivity index (χ1n) is 5.70. The van der Waals surface area contributed by atoms with Gasteiger partial charge in [0, 0.05) is 22.4 Å². The van der Waals surface area contributed by atoms with Crippen molar-refractivity contribution in [3.8, 4) is 5.69 Å². The van der Waals surface area contributed by atoms with E-state index in [4.69, 9.17) is 16.7 Å². The van der Waals surface area contributed by atoms with Crippen molar-refractivity contribution < 1.29 is 9.90 Å². The van der Waals surface area contributed by atoms with E-state index < -0.39 is 5.97 Å². The molecule has 0 spiro atoms. The highest BCUT2D eigenvalue weighted by Gasteiger charge is 2.08. The van der Waals surface area contributed by atoms with E-state index in [0.29, 0.717) is 5.02 Å². The van der Waals surface area contributed by atoms with Gasteiger partial charge in [0.2, 0.25) is 0 Å². The largest absolute Gasteiger partial charge is 0.478 e. The molecule has 1 N–H and O–H groups in total. The molecule has 0 amide bonds. The Balaban J connectivity index is 2.57. The maximum absolute atomic E-state index is 10.6. The molecular formula is C14H13ClN2O2. The minimum absolute atomic E-state index is 0.559. The van der Waals surface area contributed by atoms with E-state index in [0.717, 1.165) is 28.7 Å². The average Bonchev–Trinajstić information content (AvgIpc) is 2.68. The Morgan fingerprint density at radius 1 is 1.42 bits per heavy atom. The second-order valence-corrected chi connectivity index (χ2v) is 4.60. The van der Waals surface area contributed by atoms with E-state index in [2.05, 4.69) is 4.98 Å². The summed E-state index contributed by atoms with van der Waals surface area (Å²) in [6.45, 7) is 3.89. The smallest absolute Gasteiger partial charge is 0.328 e. The second kappa shape index (κ2) is 5.28. The summed E-state index contributed by atoms with van der Waals surface area (Å²) in [5, 5.41) is 9.28. The lowest BCUT2D eigenvalue weighted by molar-refractivity contribution is -0.131. The van der Waals surface area contributed by atoms with Gasteiger partial charge < -0.3 is 9.67 Å². The molecule has 1 heterocycles. The summed E-state index contributed by atoms with van der Waals surface area (Å²) in [6, 6.07) is 5.34. The van der Waals surface area contributed by atoms with Crippen molar-refractivity contribution in [1.29, 1.82) is 0 Å². The van der Waals surface area contributed by atoms with Crippen molar-refractivity contribution in [2.45, 2.75) is 13.8 Å². The Bertz CT molecular complexity index is 659. The Hall–Kier alpha value is -2.07. The zero-order chi connectivity index (χ0) is 14.0. The van der Waals surface area contributed by atoms with E-state index in [1.807, 2.05) is 24.5 Å². The number of benzene rings is 1. The van der Waals surface area contributed by atoms with Crippen LogP contribution in [0.4, 0.5) is 0 Å². The monoisotopic (exact) mass is 276 g/mol. The van der Waals surface area contributed by atoms with Crippen LogP contribution in [0.15, 0.2) is 30.6 Å². The predicted molar refractivity (Wildman–Crippen MR) is 74.7 cm³/mol. The highest BCUT2D eigenvalue weighted by atomic mass is 35.5. The molecule has 5 heteroatoms. The first-order valence-corrected chi connectivity index (χ1v) is 6.08. The number of carbonyl (C=O) groups is 1. The van der Waals surface area contributed by atoms with E-state index in [9.17, 15) is 4.79 Å². The predicted octanol–water partition coefficient (Wildman–Crippen LogP) is 3.24. The molecule has 1 aromatic heterocycles. The number of carboxylic acids is 1. The van der Waals surface area contributed by atoms with Crippen molar-refractivity contribution in [3.05, 3.63) is 52.6 Å². The molecule has 19 heavy (non-hydrogen) atoms. The van der Waals surface area contributed by atoms with Crippen molar-refractivity contribution in [3.63, 3.8) is 0 Å². The van der Waals surface area contributed by atoms with Crippen LogP contribution in [-0.2, 0) is 4.79 Å². The molecule has 0 aliphatic carbocycles. The van der Waals surface area contributed by atoms with Gasteiger partial charge in [-0.15, -0.1) is 0 Å². The summed E-state index contributed by atoms with van der Waals surface area (Å²) >= 11 is 5.96. The molecule has 0 fully saturated rings. The third-order valence-corrected chi connectivity index (χ3v) is 3.14. The van der Waals surface area contributed by atoms with Crippen LogP contribution in [0.2, 0.25) is 5.02 Å². The van der Waals surface area contributed by atoms with E-state index >= 15 is 0 Å². The number of hydrogen-bond donors (Lipinski definition) is 1. The SMILES string of the molecule is Cc1ncn(-c2ccc(Cl)cc2/C=C/C(=O)O)c1C. The normalized spacial score (nSPS) is 11.1. The molecule has 98 valence electrons. The first-order chi connectivity index (χ1) is 8.99. The lowest BCUT2D eigenvalue weighted by Crippen LogP contribution is -1.98. The van der Waals surface area contributed by atoms with Crippen molar-refractivity contribution >= 4 is 23.6 Å². The molecule has 0 atom stereocenters. The number of rotatable bonds is 3. The molecule has 0 unspecified atom stereocenters. The van der Waals surface area contributed by atoms with Crippen LogP contribution in [0.1, 0.15) is 17.0 Å². The maximum Gasteiger partial charge on any atom is 0.328 e. The van der Waals surface area contributed by atoms with Gasteiger partial charge in [-0.3, -0.25) is 0 Å². The third kappa shape index (κ3) is 2.85. The lowest BCUT2D eigenvalue weighted by Gasteiger charge is -2.10. The maximum atomic E-state index is 10.6. The number of hydrogen-bond acceptors (Lipinski definition) is 2. The van der Waals surface area contributed by atoms with Crippen LogP contribution in [-0.4, -0.2) is 20.6 Å². The number of aryl methyl sites for hydroxylation is 1. The van der Waals surface area contributed by atoms with Gasteiger partial charge in [0.15, 0.2) is 0 Å². The molecule has 0 aliphatic heterocycles. The number of nitrogens with zero attached hydrogens (tertiary/aromatic N) is 2. The Labute approximate surface area is 116 Å². The fraction of sp³-hybridized carbons (Fsp3) is 0.143. The molecule has 2 aromatic rings. The van der Waals surface area contributed by atoms with Gasteiger partial charge in [-0.25, -0.2) is 9.78 Å². The van der Waals surface area contributed by atoms with Gasteiger partial charge in [0.05, 0.1) is 17.7 Å². The lowest BCUT2D eigenvalue weighted by atomic mass is 10.1. The van der Waals surface area contributed by atoms with Crippen LogP contribution in [0, 0.1) is 13.8 Å². The summed E-state index contributed by atoms with van der Waals surface area (Å²) in [7, 11) is 0. The topological polar surface area (TPSA) is 55.1 Å². The molecule has 0 aliphatic rings. The minimum Gasteiger partial charge on any atom is -0.478 e. The highest BCUT2D eigenvalue weighted by Crippen LogP contribution is 2.23. The van der Waals surface area contributed by atoms with Crippen molar-refractivity contribution in [2.24, 2.45) is 0 Å². The van der Waals surface area contributed by atoms with Gasteiger partial charge in [-0.05, 0) is 38.1 Å². The Morgan fingerprint density at radius 3 is 2.74 bits per heavy atom. The molecule has 1 aromatic carbocycles. The molecule has 0 saturated carbocycles. The quantitative estimate of drug-likeness (QED) is 0.876. The van der Waals surface area contributed by atoms with Crippen molar-refractivity contribution in [1.82, 2.24) is 9.55 Å². The van der Waals surface area contributed by atoms with Crippen LogP contribution >= 0.6 is 11.6 Å². The Morgan fingerprint density at radius 2 is 2.16 bits per heavy atom.